The summed E-state index contributed by atoms with van der Waals surface area (Å²) in [6, 6.07) is 4.04. The van der Waals surface area contributed by atoms with Crippen molar-refractivity contribution in [2.75, 3.05) is 11.1 Å². The summed E-state index contributed by atoms with van der Waals surface area (Å²) >= 11 is 3.40. The largest absolute Gasteiger partial charge is 0.399 e. The SMILES string of the molecule is Cc1c(N)ccc(C=CCCBr)c1C. The highest BCUT2D eigenvalue weighted by Crippen LogP contribution is 2.20. The van der Waals surface area contributed by atoms with Crippen molar-refractivity contribution in [2.24, 2.45) is 0 Å². The molecule has 0 aliphatic carbocycles. The van der Waals surface area contributed by atoms with Crippen molar-refractivity contribution < 1.29 is 0 Å². The molecule has 0 unspecified atom stereocenters. The number of halogens is 1. The lowest BCUT2D eigenvalue weighted by Crippen LogP contribution is -1.94. The zero-order chi connectivity index (χ0) is 10.6. The highest BCUT2D eigenvalue weighted by atomic mass is 79.9. The van der Waals surface area contributed by atoms with E-state index in [4.69, 9.17) is 5.73 Å². The van der Waals surface area contributed by atoms with Gasteiger partial charge in [0, 0.05) is 11.0 Å². The molecular formula is C12H16BrN. The van der Waals surface area contributed by atoms with Gasteiger partial charge in [0.1, 0.15) is 0 Å². The number of benzene rings is 1. The van der Waals surface area contributed by atoms with Gasteiger partial charge in [-0.05, 0) is 43.0 Å². The van der Waals surface area contributed by atoms with Crippen molar-refractivity contribution in [3.63, 3.8) is 0 Å². The van der Waals surface area contributed by atoms with Crippen molar-refractivity contribution >= 4 is 27.7 Å². The number of hydrogen-bond acceptors (Lipinski definition) is 1. The standard InChI is InChI=1S/C12H16BrN/c1-9-10(2)12(14)7-6-11(9)5-3-4-8-13/h3,5-7H,4,8,14H2,1-2H3. The number of rotatable bonds is 3. The van der Waals surface area contributed by atoms with E-state index in [-0.39, 0.29) is 0 Å². The van der Waals surface area contributed by atoms with Crippen molar-refractivity contribution in [1.29, 1.82) is 0 Å². The molecule has 0 aromatic heterocycles. The third-order valence-corrected chi connectivity index (χ3v) is 2.90. The molecule has 1 rings (SSSR count). The average molecular weight is 254 g/mol. The normalized spacial score (nSPS) is 11.1. The Morgan fingerprint density at radius 2 is 2.00 bits per heavy atom. The maximum absolute atomic E-state index is 5.81. The molecule has 1 aromatic rings. The van der Waals surface area contributed by atoms with Crippen LogP contribution in [0.4, 0.5) is 5.69 Å². The fourth-order valence-corrected chi connectivity index (χ4v) is 1.58. The topological polar surface area (TPSA) is 26.0 Å². The maximum atomic E-state index is 5.81. The van der Waals surface area contributed by atoms with Crippen LogP contribution in [-0.2, 0) is 0 Å². The highest BCUT2D eigenvalue weighted by Gasteiger charge is 2.00. The van der Waals surface area contributed by atoms with Gasteiger partial charge in [0.2, 0.25) is 0 Å². The molecule has 0 amide bonds. The van der Waals surface area contributed by atoms with Gasteiger partial charge < -0.3 is 5.73 Å². The Morgan fingerprint density at radius 1 is 1.29 bits per heavy atom. The Balaban J connectivity index is 2.94. The van der Waals surface area contributed by atoms with Crippen molar-refractivity contribution in [2.45, 2.75) is 20.3 Å². The van der Waals surface area contributed by atoms with Gasteiger partial charge in [-0.1, -0.05) is 34.1 Å². The van der Waals surface area contributed by atoms with Crippen LogP contribution in [0.25, 0.3) is 6.08 Å². The lowest BCUT2D eigenvalue weighted by atomic mass is 10.0. The van der Waals surface area contributed by atoms with Crippen LogP contribution >= 0.6 is 15.9 Å². The molecule has 0 fully saturated rings. The van der Waals surface area contributed by atoms with Gasteiger partial charge in [-0.2, -0.15) is 0 Å². The third kappa shape index (κ3) is 2.61. The van der Waals surface area contributed by atoms with Crippen LogP contribution in [0.2, 0.25) is 0 Å². The second-order valence-electron chi connectivity index (χ2n) is 3.37. The first-order valence-electron chi connectivity index (χ1n) is 4.75. The van der Waals surface area contributed by atoms with Gasteiger partial charge in [-0.3, -0.25) is 0 Å². The second-order valence-corrected chi connectivity index (χ2v) is 4.17. The molecule has 2 N–H and O–H groups in total. The van der Waals surface area contributed by atoms with E-state index < -0.39 is 0 Å². The van der Waals surface area contributed by atoms with Crippen molar-refractivity contribution in [1.82, 2.24) is 0 Å². The molecule has 0 aliphatic rings. The molecule has 0 saturated heterocycles. The van der Waals surface area contributed by atoms with Crippen LogP contribution in [0.1, 0.15) is 23.1 Å². The van der Waals surface area contributed by atoms with Crippen molar-refractivity contribution in [3.05, 3.63) is 34.9 Å². The Morgan fingerprint density at radius 3 is 2.64 bits per heavy atom. The number of nitrogens with two attached hydrogens (primary N) is 1. The van der Waals surface area contributed by atoms with E-state index in [1.807, 2.05) is 6.07 Å². The van der Waals surface area contributed by atoms with Crippen LogP contribution in [0.3, 0.4) is 0 Å². The Bertz CT molecular complexity index is 342. The zero-order valence-corrected chi connectivity index (χ0v) is 10.3. The second kappa shape index (κ2) is 5.20. The van der Waals surface area contributed by atoms with E-state index >= 15 is 0 Å². The molecule has 0 saturated carbocycles. The maximum Gasteiger partial charge on any atom is 0.0346 e. The monoisotopic (exact) mass is 253 g/mol. The van der Waals surface area contributed by atoms with E-state index in [1.165, 1.54) is 16.7 Å². The van der Waals surface area contributed by atoms with Gasteiger partial charge in [0.05, 0.1) is 0 Å². The highest BCUT2D eigenvalue weighted by molar-refractivity contribution is 9.09. The molecule has 1 nitrogen and oxygen atoms in total. The summed E-state index contributed by atoms with van der Waals surface area (Å²) in [6.45, 7) is 4.17. The Hall–Kier alpha value is -0.760. The Kier molecular flexibility index (Phi) is 4.21. The minimum absolute atomic E-state index is 0.875. The van der Waals surface area contributed by atoms with E-state index in [0.717, 1.165) is 17.4 Å². The molecule has 14 heavy (non-hydrogen) atoms. The predicted octanol–water partition coefficient (Wildman–Crippen LogP) is 3.68. The molecule has 1 aromatic carbocycles. The molecule has 2 heteroatoms. The van der Waals surface area contributed by atoms with E-state index in [1.54, 1.807) is 0 Å². The van der Waals surface area contributed by atoms with Crippen LogP contribution in [0.15, 0.2) is 18.2 Å². The summed E-state index contributed by atoms with van der Waals surface area (Å²) in [5.74, 6) is 0. The summed E-state index contributed by atoms with van der Waals surface area (Å²) in [5, 5.41) is 1.01. The van der Waals surface area contributed by atoms with Crippen LogP contribution in [0, 0.1) is 13.8 Å². The smallest absolute Gasteiger partial charge is 0.0346 e. The lowest BCUT2D eigenvalue weighted by Gasteiger charge is -2.07. The van der Waals surface area contributed by atoms with Crippen LogP contribution < -0.4 is 5.73 Å². The first kappa shape index (κ1) is 11.3. The summed E-state index contributed by atoms with van der Waals surface area (Å²) in [5.41, 5.74) is 10.4. The van der Waals surface area contributed by atoms with Gasteiger partial charge in [0.25, 0.3) is 0 Å². The fourth-order valence-electron chi connectivity index (χ4n) is 1.32. The van der Waals surface area contributed by atoms with Gasteiger partial charge in [-0.25, -0.2) is 0 Å². The van der Waals surface area contributed by atoms with Crippen LogP contribution in [0.5, 0.6) is 0 Å². The minimum atomic E-state index is 0.875. The van der Waals surface area contributed by atoms with E-state index in [9.17, 15) is 0 Å². The third-order valence-electron chi connectivity index (χ3n) is 2.44. The first-order valence-corrected chi connectivity index (χ1v) is 5.87. The number of anilines is 1. The summed E-state index contributed by atoms with van der Waals surface area (Å²) in [6.07, 6.45) is 5.39. The lowest BCUT2D eigenvalue weighted by molar-refractivity contribution is 1.26. The molecule has 0 bridgehead atoms. The molecule has 0 radical (unpaired) electrons. The number of allylic oxidation sites excluding steroid dienone is 1. The van der Waals surface area contributed by atoms with Crippen LogP contribution in [-0.4, -0.2) is 5.33 Å². The minimum Gasteiger partial charge on any atom is -0.399 e. The summed E-state index contributed by atoms with van der Waals surface area (Å²) < 4.78 is 0. The van der Waals surface area contributed by atoms with Gasteiger partial charge in [-0.15, -0.1) is 0 Å². The van der Waals surface area contributed by atoms with E-state index in [2.05, 4.69) is 48.0 Å². The Labute approximate surface area is 94.1 Å². The van der Waals surface area contributed by atoms with Gasteiger partial charge >= 0.3 is 0 Å². The molecule has 76 valence electrons. The molecule has 0 aliphatic heterocycles. The van der Waals surface area contributed by atoms with E-state index in [0.29, 0.717) is 0 Å². The van der Waals surface area contributed by atoms with Crippen molar-refractivity contribution in [3.8, 4) is 0 Å². The predicted molar refractivity (Wildman–Crippen MR) is 67.8 cm³/mol. The number of nitrogen functional groups attached to an aromatic ring is 1. The molecule has 0 heterocycles. The summed E-state index contributed by atoms with van der Waals surface area (Å²) in [7, 11) is 0. The first-order chi connectivity index (χ1) is 6.66. The fraction of sp³-hybridized carbons (Fsp3) is 0.333. The molecular weight excluding hydrogens is 238 g/mol. The number of hydrogen-bond donors (Lipinski definition) is 1. The number of alkyl halides is 1. The summed E-state index contributed by atoms with van der Waals surface area (Å²) in [4.78, 5) is 0. The molecule has 0 spiro atoms. The zero-order valence-electron chi connectivity index (χ0n) is 8.68. The van der Waals surface area contributed by atoms with Gasteiger partial charge in [0.15, 0.2) is 0 Å². The quantitative estimate of drug-likeness (QED) is 0.646. The average Bonchev–Trinajstić information content (AvgIpc) is 2.18. The molecule has 0 atom stereocenters.